The molecule has 0 spiro atoms. The molecule has 4 nitrogen and oxygen atoms in total. The van der Waals surface area contributed by atoms with Crippen LogP contribution in [0.5, 0.6) is 0 Å². The Balaban J connectivity index is 2.57. The van der Waals surface area contributed by atoms with Crippen molar-refractivity contribution in [3.8, 4) is 0 Å². The van der Waals surface area contributed by atoms with Crippen LogP contribution in [0.1, 0.15) is 40.0 Å². The molecular formula is C13H24N4. The normalized spacial score (nSPS) is 10.6. The average Bonchev–Trinajstić information content (AvgIpc) is 2.28. The van der Waals surface area contributed by atoms with Crippen LogP contribution in [0.3, 0.4) is 0 Å². The average molecular weight is 236 g/mol. The highest BCUT2D eigenvalue weighted by atomic mass is 15.2. The highest BCUT2D eigenvalue weighted by Crippen LogP contribution is 2.14. The van der Waals surface area contributed by atoms with Crippen molar-refractivity contribution in [1.29, 1.82) is 0 Å². The molecule has 0 fully saturated rings. The highest BCUT2D eigenvalue weighted by Gasteiger charge is 2.04. The fraction of sp³-hybridized carbons (Fsp3) is 0.692. The molecule has 0 saturated carbocycles. The third-order valence-electron chi connectivity index (χ3n) is 2.58. The largest absolute Gasteiger partial charge is 0.368 e. The van der Waals surface area contributed by atoms with E-state index < -0.39 is 0 Å². The van der Waals surface area contributed by atoms with E-state index in [1.54, 1.807) is 6.33 Å². The number of hydrogen-bond acceptors (Lipinski definition) is 4. The molecule has 0 saturated heterocycles. The summed E-state index contributed by atoms with van der Waals surface area (Å²) in [6.45, 7) is 7.47. The Morgan fingerprint density at radius 1 is 1.29 bits per heavy atom. The molecule has 0 aliphatic rings. The van der Waals surface area contributed by atoms with Crippen LogP contribution in [0, 0.1) is 0 Å². The van der Waals surface area contributed by atoms with E-state index in [1.807, 2.05) is 6.07 Å². The summed E-state index contributed by atoms with van der Waals surface area (Å²) in [7, 11) is 2.08. The van der Waals surface area contributed by atoms with Crippen LogP contribution in [0.25, 0.3) is 0 Å². The van der Waals surface area contributed by atoms with E-state index in [9.17, 15) is 0 Å². The zero-order valence-corrected chi connectivity index (χ0v) is 11.4. The van der Waals surface area contributed by atoms with Crippen LogP contribution in [0.4, 0.5) is 11.6 Å². The maximum atomic E-state index is 4.30. The molecule has 0 atom stereocenters. The lowest BCUT2D eigenvalue weighted by atomic mass is 10.2. The van der Waals surface area contributed by atoms with Crippen LogP contribution < -0.4 is 10.2 Å². The summed E-state index contributed by atoms with van der Waals surface area (Å²) in [5.41, 5.74) is 0. The summed E-state index contributed by atoms with van der Waals surface area (Å²) < 4.78 is 0. The van der Waals surface area contributed by atoms with Crippen molar-refractivity contribution >= 4 is 11.6 Å². The molecule has 4 heteroatoms. The van der Waals surface area contributed by atoms with Crippen molar-refractivity contribution in [2.75, 3.05) is 23.8 Å². The molecule has 0 unspecified atom stereocenters. The molecule has 1 N–H and O–H groups in total. The second kappa shape index (κ2) is 7.09. The molecule has 1 aromatic heterocycles. The van der Waals surface area contributed by atoms with Gasteiger partial charge in [-0.1, -0.05) is 19.8 Å². The molecule has 96 valence electrons. The Bertz CT molecular complexity index is 325. The van der Waals surface area contributed by atoms with Gasteiger partial charge in [0.05, 0.1) is 0 Å². The highest BCUT2D eigenvalue weighted by molar-refractivity contribution is 5.48. The molecule has 0 radical (unpaired) electrons. The number of anilines is 2. The van der Waals surface area contributed by atoms with Crippen molar-refractivity contribution in [2.45, 2.75) is 46.1 Å². The summed E-state index contributed by atoms with van der Waals surface area (Å²) in [6, 6.07) is 2.40. The summed E-state index contributed by atoms with van der Waals surface area (Å²) in [4.78, 5) is 10.7. The molecule has 1 aromatic rings. The third kappa shape index (κ3) is 5.02. The lowest BCUT2D eigenvalue weighted by Gasteiger charge is -2.18. The standard InChI is InChI=1S/C13H24N4/c1-5-6-7-8-17(4)13-9-12(14-10-15-13)16-11(2)3/h9-11H,5-8H2,1-4H3,(H,14,15,16). The quantitative estimate of drug-likeness (QED) is 0.739. The van der Waals surface area contributed by atoms with Crippen molar-refractivity contribution < 1.29 is 0 Å². The summed E-state index contributed by atoms with van der Waals surface area (Å²) >= 11 is 0. The van der Waals surface area contributed by atoms with E-state index in [-0.39, 0.29) is 0 Å². The molecule has 17 heavy (non-hydrogen) atoms. The SMILES string of the molecule is CCCCCN(C)c1cc(NC(C)C)ncn1. The number of aromatic nitrogens is 2. The van der Waals surface area contributed by atoms with Gasteiger partial charge in [-0.15, -0.1) is 0 Å². The van der Waals surface area contributed by atoms with Gasteiger partial charge in [0, 0.05) is 25.7 Å². The predicted octanol–water partition coefficient (Wildman–Crippen LogP) is 2.92. The van der Waals surface area contributed by atoms with Crippen LogP contribution >= 0.6 is 0 Å². The second-order valence-electron chi connectivity index (χ2n) is 4.69. The van der Waals surface area contributed by atoms with E-state index >= 15 is 0 Å². The molecule has 0 aliphatic heterocycles. The van der Waals surface area contributed by atoms with Crippen molar-refractivity contribution in [2.24, 2.45) is 0 Å². The van der Waals surface area contributed by atoms with E-state index in [1.165, 1.54) is 19.3 Å². The van der Waals surface area contributed by atoms with E-state index in [0.29, 0.717) is 6.04 Å². The van der Waals surface area contributed by atoms with Gasteiger partial charge >= 0.3 is 0 Å². The second-order valence-corrected chi connectivity index (χ2v) is 4.69. The van der Waals surface area contributed by atoms with Gasteiger partial charge in [0.1, 0.15) is 18.0 Å². The summed E-state index contributed by atoms with van der Waals surface area (Å²) in [6.07, 6.45) is 5.35. The maximum Gasteiger partial charge on any atom is 0.133 e. The van der Waals surface area contributed by atoms with Gasteiger partial charge in [-0.05, 0) is 20.3 Å². The monoisotopic (exact) mass is 236 g/mol. The number of nitrogens with one attached hydrogen (secondary N) is 1. The molecule has 0 aliphatic carbocycles. The van der Waals surface area contributed by atoms with E-state index in [0.717, 1.165) is 18.2 Å². The Morgan fingerprint density at radius 3 is 2.71 bits per heavy atom. The zero-order chi connectivity index (χ0) is 12.7. The summed E-state index contributed by atoms with van der Waals surface area (Å²) in [5.74, 6) is 1.88. The first-order valence-electron chi connectivity index (χ1n) is 6.43. The van der Waals surface area contributed by atoms with Crippen LogP contribution in [-0.4, -0.2) is 29.6 Å². The van der Waals surface area contributed by atoms with Crippen molar-refractivity contribution in [3.63, 3.8) is 0 Å². The first kappa shape index (κ1) is 13.7. The molecule has 1 rings (SSSR count). The van der Waals surface area contributed by atoms with Crippen LogP contribution in [-0.2, 0) is 0 Å². The zero-order valence-electron chi connectivity index (χ0n) is 11.4. The molecule has 0 amide bonds. The lowest BCUT2D eigenvalue weighted by molar-refractivity contribution is 0.700. The van der Waals surface area contributed by atoms with Gasteiger partial charge in [-0.25, -0.2) is 9.97 Å². The predicted molar refractivity (Wildman–Crippen MR) is 73.6 cm³/mol. The van der Waals surface area contributed by atoms with Gasteiger partial charge in [0.15, 0.2) is 0 Å². The van der Waals surface area contributed by atoms with Gasteiger partial charge in [-0.3, -0.25) is 0 Å². The Labute approximate surface area is 104 Å². The van der Waals surface area contributed by atoms with Crippen LogP contribution in [0.2, 0.25) is 0 Å². The molecule has 0 aromatic carbocycles. The lowest BCUT2D eigenvalue weighted by Crippen LogP contribution is -2.20. The van der Waals surface area contributed by atoms with E-state index in [2.05, 4.69) is 48.0 Å². The number of unbranched alkanes of at least 4 members (excludes halogenated alkanes) is 2. The molecule has 0 bridgehead atoms. The summed E-state index contributed by atoms with van der Waals surface area (Å²) in [5, 5.41) is 3.29. The first-order valence-corrected chi connectivity index (χ1v) is 6.43. The minimum Gasteiger partial charge on any atom is -0.368 e. The van der Waals surface area contributed by atoms with Crippen LogP contribution in [0.15, 0.2) is 12.4 Å². The number of nitrogens with zero attached hydrogens (tertiary/aromatic N) is 3. The third-order valence-corrected chi connectivity index (χ3v) is 2.58. The van der Waals surface area contributed by atoms with Gasteiger partial charge in [0.25, 0.3) is 0 Å². The van der Waals surface area contributed by atoms with Crippen molar-refractivity contribution in [3.05, 3.63) is 12.4 Å². The minimum absolute atomic E-state index is 0.392. The number of rotatable bonds is 7. The van der Waals surface area contributed by atoms with E-state index in [4.69, 9.17) is 0 Å². The topological polar surface area (TPSA) is 41.0 Å². The Morgan fingerprint density at radius 2 is 2.06 bits per heavy atom. The van der Waals surface area contributed by atoms with Gasteiger partial charge < -0.3 is 10.2 Å². The smallest absolute Gasteiger partial charge is 0.133 e. The fourth-order valence-corrected chi connectivity index (χ4v) is 1.64. The molecule has 1 heterocycles. The maximum absolute atomic E-state index is 4.30. The Hall–Kier alpha value is -1.32. The van der Waals surface area contributed by atoms with Gasteiger partial charge in [-0.2, -0.15) is 0 Å². The first-order chi connectivity index (χ1) is 8.13. The van der Waals surface area contributed by atoms with Gasteiger partial charge in [0.2, 0.25) is 0 Å². The molecular weight excluding hydrogens is 212 g/mol. The Kier molecular flexibility index (Phi) is 5.73. The fourth-order valence-electron chi connectivity index (χ4n) is 1.64. The number of hydrogen-bond donors (Lipinski definition) is 1. The van der Waals surface area contributed by atoms with Crippen molar-refractivity contribution in [1.82, 2.24) is 9.97 Å². The minimum atomic E-state index is 0.392.